The summed E-state index contributed by atoms with van der Waals surface area (Å²) in [5.41, 5.74) is 0. The number of aliphatic hydroxyl groups excluding tert-OH is 4. The highest BCUT2D eigenvalue weighted by atomic mass is 16.7. The average molecular weight is 206 g/mol. The van der Waals surface area contributed by atoms with Crippen LogP contribution in [0.15, 0.2) is 12.8 Å². The minimum Gasteiger partial charge on any atom is -0.470 e. The van der Waals surface area contributed by atoms with Crippen LogP contribution in [0.2, 0.25) is 0 Å². The molecule has 1 aliphatic rings. The predicted molar refractivity (Wildman–Crippen MR) is 45.0 cm³/mol. The van der Waals surface area contributed by atoms with E-state index >= 15 is 0 Å². The Morgan fingerprint density at radius 2 is 1.86 bits per heavy atom. The van der Waals surface area contributed by atoms with E-state index in [1.165, 1.54) is 0 Å². The molecule has 1 unspecified atom stereocenters. The zero-order valence-corrected chi connectivity index (χ0v) is 7.48. The number of hydrogen-bond acceptors (Lipinski definition) is 6. The van der Waals surface area contributed by atoms with Gasteiger partial charge in [0.1, 0.15) is 24.4 Å². The Balaban J connectivity index is 2.67. The van der Waals surface area contributed by atoms with Crippen molar-refractivity contribution in [1.82, 2.24) is 0 Å². The Hall–Kier alpha value is -0.660. The maximum absolute atomic E-state index is 9.36. The van der Waals surface area contributed by atoms with Gasteiger partial charge in [0.25, 0.3) is 0 Å². The second kappa shape index (κ2) is 4.72. The van der Waals surface area contributed by atoms with Gasteiger partial charge in [-0.15, -0.1) is 0 Å². The largest absolute Gasteiger partial charge is 0.470 e. The fraction of sp³-hybridized carbons (Fsp3) is 0.750. The van der Waals surface area contributed by atoms with Gasteiger partial charge < -0.3 is 29.9 Å². The standard InChI is InChI=1S/C8H14O6/c1-2-13-8-7(12)6(11)5(10)4(3-9)14-8/h2,4-12H,1,3H2/t4-,5+,6-,7+,8?/m1/s1. The number of ether oxygens (including phenoxy) is 2. The Kier molecular flexibility index (Phi) is 3.85. The zero-order chi connectivity index (χ0) is 10.7. The van der Waals surface area contributed by atoms with Gasteiger partial charge >= 0.3 is 0 Å². The lowest BCUT2D eigenvalue weighted by Gasteiger charge is -2.38. The van der Waals surface area contributed by atoms with E-state index in [0.717, 1.165) is 6.26 Å². The van der Waals surface area contributed by atoms with Crippen molar-refractivity contribution in [2.75, 3.05) is 6.61 Å². The maximum atomic E-state index is 9.36. The molecule has 1 heterocycles. The minimum absolute atomic E-state index is 0.470. The Morgan fingerprint density at radius 3 is 2.36 bits per heavy atom. The summed E-state index contributed by atoms with van der Waals surface area (Å²) in [4.78, 5) is 0. The van der Waals surface area contributed by atoms with E-state index in [9.17, 15) is 15.3 Å². The molecule has 0 bridgehead atoms. The van der Waals surface area contributed by atoms with Crippen LogP contribution >= 0.6 is 0 Å². The van der Waals surface area contributed by atoms with Crippen molar-refractivity contribution >= 4 is 0 Å². The lowest BCUT2D eigenvalue weighted by molar-refractivity contribution is -0.287. The van der Waals surface area contributed by atoms with Gasteiger partial charge in [0.15, 0.2) is 0 Å². The highest BCUT2D eigenvalue weighted by Gasteiger charge is 2.44. The van der Waals surface area contributed by atoms with E-state index in [4.69, 9.17) is 14.6 Å². The van der Waals surface area contributed by atoms with Gasteiger partial charge in [-0.25, -0.2) is 0 Å². The van der Waals surface area contributed by atoms with Crippen molar-refractivity contribution < 1.29 is 29.9 Å². The van der Waals surface area contributed by atoms with Gasteiger partial charge in [0.2, 0.25) is 6.29 Å². The van der Waals surface area contributed by atoms with Crippen molar-refractivity contribution in [3.05, 3.63) is 12.8 Å². The van der Waals surface area contributed by atoms with Crippen molar-refractivity contribution in [2.45, 2.75) is 30.7 Å². The van der Waals surface area contributed by atoms with Crippen LogP contribution in [0, 0.1) is 0 Å². The summed E-state index contributed by atoms with van der Waals surface area (Å²) in [6.45, 7) is 2.79. The van der Waals surface area contributed by atoms with Crippen molar-refractivity contribution in [3.63, 3.8) is 0 Å². The van der Waals surface area contributed by atoms with Crippen LogP contribution in [0.5, 0.6) is 0 Å². The summed E-state index contributed by atoms with van der Waals surface area (Å²) in [7, 11) is 0. The molecule has 82 valence electrons. The van der Waals surface area contributed by atoms with Crippen LogP contribution in [0.4, 0.5) is 0 Å². The molecule has 0 spiro atoms. The van der Waals surface area contributed by atoms with E-state index in [2.05, 4.69) is 6.58 Å². The van der Waals surface area contributed by atoms with E-state index in [1.807, 2.05) is 0 Å². The molecule has 6 heteroatoms. The molecule has 0 radical (unpaired) electrons. The molecular formula is C8H14O6. The van der Waals surface area contributed by atoms with Gasteiger partial charge in [-0.1, -0.05) is 6.58 Å². The van der Waals surface area contributed by atoms with Crippen LogP contribution in [-0.4, -0.2) is 57.7 Å². The zero-order valence-electron chi connectivity index (χ0n) is 7.48. The fourth-order valence-electron chi connectivity index (χ4n) is 1.27. The van der Waals surface area contributed by atoms with Crippen molar-refractivity contribution in [2.24, 2.45) is 0 Å². The Labute approximate surface area is 81.0 Å². The topological polar surface area (TPSA) is 99.4 Å². The molecule has 0 saturated carbocycles. The molecule has 4 N–H and O–H groups in total. The third kappa shape index (κ3) is 2.05. The molecule has 1 fully saturated rings. The van der Waals surface area contributed by atoms with Gasteiger partial charge in [-0.2, -0.15) is 0 Å². The van der Waals surface area contributed by atoms with Crippen molar-refractivity contribution in [3.8, 4) is 0 Å². The first-order valence-corrected chi connectivity index (χ1v) is 4.18. The molecule has 0 aromatic rings. The quantitative estimate of drug-likeness (QED) is 0.396. The molecule has 1 rings (SSSR count). The first kappa shape index (κ1) is 11.4. The van der Waals surface area contributed by atoms with Crippen LogP contribution < -0.4 is 0 Å². The molecule has 0 aromatic carbocycles. The number of aliphatic hydroxyl groups is 4. The van der Waals surface area contributed by atoms with Gasteiger partial charge in [0.05, 0.1) is 12.9 Å². The summed E-state index contributed by atoms with van der Waals surface area (Å²) in [6.07, 6.45) is -5.16. The minimum atomic E-state index is -1.41. The van der Waals surface area contributed by atoms with Crippen LogP contribution in [0.1, 0.15) is 0 Å². The first-order valence-electron chi connectivity index (χ1n) is 4.18. The SMILES string of the molecule is C=COC1O[C@H](CO)[C@H](O)[C@@H](O)[C@@H]1O. The lowest BCUT2D eigenvalue weighted by atomic mass is 9.99. The summed E-state index contributed by atoms with van der Waals surface area (Å²) in [6, 6.07) is 0. The van der Waals surface area contributed by atoms with Crippen LogP contribution in [0.25, 0.3) is 0 Å². The molecule has 1 aliphatic heterocycles. The molecule has 0 aromatic heterocycles. The average Bonchev–Trinajstić information content (AvgIpc) is 2.19. The highest BCUT2D eigenvalue weighted by Crippen LogP contribution is 2.21. The first-order chi connectivity index (χ1) is 6.61. The predicted octanol–water partition coefficient (Wildman–Crippen LogP) is -2.05. The number of hydrogen-bond donors (Lipinski definition) is 4. The van der Waals surface area contributed by atoms with E-state index in [-0.39, 0.29) is 0 Å². The lowest BCUT2D eigenvalue weighted by Crippen LogP contribution is -2.58. The fourth-order valence-corrected chi connectivity index (χ4v) is 1.27. The summed E-state index contributed by atoms with van der Waals surface area (Å²) >= 11 is 0. The third-order valence-electron chi connectivity index (χ3n) is 2.08. The highest BCUT2D eigenvalue weighted by molar-refractivity contribution is 4.89. The molecule has 14 heavy (non-hydrogen) atoms. The molecule has 6 nitrogen and oxygen atoms in total. The smallest absolute Gasteiger partial charge is 0.228 e. The summed E-state index contributed by atoms with van der Waals surface area (Å²) in [5.74, 6) is 0. The number of rotatable bonds is 3. The normalized spacial score (nSPS) is 43.3. The third-order valence-corrected chi connectivity index (χ3v) is 2.08. The molecule has 5 atom stereocenters. The van der Waals surface area contributed by atoms with Gasteiger partial charge in [-0.3, -0.25) is 0 Å². The molecule has 1 saturated heterocycles. The summed E-state index contributed by atoms with van der Waals surface area (Å²) in [5, 5.41) is 36.8. The molecular weight excluding hydrogens is 192 g/mol. The van der Waals surface area contributed by atoms with E-state index < -0.39 is 37.3 Å². The van der Waals surface area contributed by atoms with E-state index in [0.29, 0.717) is 0 Å². The van der Waals surface area contributed by atoms with Crippen LogP contribution in [-0.2, 0) is 9.47 Å². The molecule has 0 amide bonds. The monoisotopic (exact) mass is 206 g/mol. The van der Waals surface area contributed by atoms with Gasteiger partial charge in [-0.05, 0) is 0 Å². The maximum Gasteiger partial charge on any atom is 0.228 e. The second-order valence-corrected chi connectivity index (χ2v) is 3.00. The Morgan fingerprint density at radius 1 is 1.21 bits per heavy atom. The molecule has 0 aliphatic carbocycles. The summed E-state index contributed by atoms with van der Waals surface area (Å²) < 4.78 is 9.72. The van der Waals surface area contributed by atoms with Crippen LogP contribution in [0.3, 0.4) is 0 Å². The Bertz CT molecular complexity index is 194. The van der Waals surface area contributed by atoms with Gasteiger partial charge in [0, 0.05) is 0 Å². The second-order valence-electron chi connectivity index (χ2n) is 3.00. The van der Waals surface area contributed by atoms with Crippen molar-refractivity contribution in [1.29, 1.82) is 0 Å². The van der Waals surface area contributed by atoms with E-state index in [1.54, 1.807) is 0 Å².